The van der Waals surface area contributed by atoms with Crippen LogP contribution in [0.2, 0.25) is 0 Å². The molecular weight excluding hydrogens is 224 g/mol. The standard InChI is InChI=1S/C15H20N2O/c16-15(18)10-17-9-8-12(11-4-3-5-11)13-6-1-2-7-14(13)17/h1-2,6-7,11-12H,3-5,8-10H2,(H2,16,18). The van der Waals surface area contributed by atoms with Crippen LogP contribution in [0.4, 0.5) is 5.69 Å². The second-order valence-electron chi connectivity index (χ2n) is 5.53. The Balaban J connectivity index is 1.89. The number of nitrogens with zero attached hydrogens (tertiary/aromatic N) is 1. The Labute approximate surface area is 108 Å². The molecule has 0 spiro atoms. The first kappa shape index (κ1) is 11.6. The number of hydrogen-bond acceptors (Lipinski definition) is 2. The molecule has 2 N–H and O–H groups in total. The van der Waals surface area contributed by atoms with E-state index in [1.165, 1.54) is 30.5 Å². The number of amides is 1. The van der Waals surface area contributed by atoms with Crippen molar-refractivity contribution in [2.45, 2.75) is 31.6 Å². The van der Waals surface area contributed by atoms with Crippen LogP contribution in [0, 0.1) is 5.92 Å². The summed E-state index contributed by atoms with van der Waals surface area (Å²) >= 11 is 0. The van der Waals surface area contributed by atoms with Gasteiger partial charge in [-0.15, -0.1) is 0 Å². The first-order valence-corrected chi connectivity index (χ1v) is 6.88. The maximum absolute atomic E-state index is 11.1. The van der Waals surface area contributed by atoms with Gasteiger partial charge < -0.3 is 10.6 Å². The predicted molar refractivity (Wildman–Crippen MR) is 72.5 cm³/mol. The van der Waals surface area contributed by atoms with E-state index in [-0.39, 0.29) is 5.91 Å². The minimum absolute atomic E-state index is 0.244. The Hall–Kier alpha value is -1.51. The summed E-state index contributed by atoms with van der Waals surface area (Å²) < 4.78 is 0. The molecule has 1 atom stereocenters. The van der Waals surface area contributed by atoms with E-state index >= 15 is 0 Å². The van der Waals surface area contributed by atoms with E-state index in [0.29, 0.717) is 12.5 Å². The molecule has 3 heteroatoms. The van der Waals surface area contributed by atoms with Gasteiger partial charge in [0.1, 0.15) is 0 Å². The quantitative estimate of drug-likeness (QED) is 0.886. The number of anilines is 1. The lowest BCUT2D eigenvalue weighted by atomic mass is 9.70. The molecule has 3 nitrogen and oxygen atoms in total. The average molecular weight is 244 g/mol. The summed E-state index contributed by atoms with van der Waals surface area (Å²) in [7, 11) is 0. The molecule has 2 aliphatic rings. The highest BCUT2D eigenvalue weighted by Gasteiger charge is 2.33. The Morgan fingerprint density at radius 2 is 2.06 bits per heavy atom. The van der Waals surface area contributed by atoms with Gasteiger partial charge in [-0.25, -0.2) is 0 Å². The zero-order valence-electron chi connectivity index (χ0n) is 10.6. The number of hydrogen-bond donors (Lipinski definition) is 1. The fourth-order valence-corrected chi connectivity index (χ4v) is 3.34. The molecule has 1 fully saturated rings. The highest BCUT2D eigenvalue weighted by molar-refractivity contribution is 5.80. The molecule has 96 valence electrons. The van der Waals surface area contributed by atoms with Gasteiger partial charge in [0.2, 0.25) is 5.91 Å². The van der Waals surface area contributed by atoms with Crippen molar-refractivity contribution in [3.8, 4) is 0 Å². The molecule has 3 rings (SSSR count). The van der Waals surface area contributed by atoms with Gasteiger partial charge in [-0.2, -0.15) is 0 Å². The summed E-state index contributed by atoms with van der Waals surface area (Å²) in [5, 5.41) is 0. The lowest BCUT2D eigenvalue weighted by Gasteiger charge is -2.41. The third-order valence-electron chi connectivity index (χ3n) is 4.45. The summed E-state index contributed by atoms with van der Waals surface area (Å²) in [4.78, 5) is 13.3. The second kappa shape index (κ2) is 4.63. The maximum Gasteiger partial charge on any atom is 0.236 e. The van der Waals surface area contributed by atoms with Crippen molar-refractivity contribution >= 4 is 11.6 Å². The molecule has 1 aliphatic carbocycles. The van der Waals surface area contributed by atoms with E-state index in [0.717, 1.165) is 18.9 Å². The molecule has 1 unspecified atom stereocenters. The number of rotatable bonds is 3. The van der Waals surface area contributed by atoms with Crippen LogP contribution in [0.3, 0.4) is 0 Å². The first-order valence-electron chi connectivity index (χ1n) is 6.88. The maximum atomic E-state index is 11.1. The van der Waals surface area contributed by atoms with E-state index in [9.17, 15) is 4.79 Å². The average Bonchev–Trinajstić information content (AvgIpc) is 2.29. The third-order valence-corrected chi connectivity index (χ3v) is 4.45. The van der Waals surface area contributed by atoms with E-state index in [1.54, 1.807) is 0 Å². The van der Waals surface area contributed by atoms with Crippen LogP contribution in [0.15, 0.2) is 24.3 Å². The van der Waals surface area contributed by atoms with Crippen LogP contribution in [0.5, 0.6) is 0 Å². The van der Waals surface area contributed by atoms with Crippen LogP contribution in [-0.4, -0.2) is 19.0 Å². The van der Waals surface area contributed by atoms with Gasteiger partial charge in [0.05, 0.1) is 6.54 Å². The number of carbonyl (C=O) groups is 1. The summed E-state index contributed by atoms with van der Waals surface area (Å²) in [6, 6.07) is 8.52. The molecule has 18 heavy (non-hydrogen) atoms. The number of para-hydroxylation sites is 1. The van der Waals surface area contributed by atoms with Crippen LogP contribution < -0.4 is 10.6 Å². The molecule has 1 heterocycles. The van der Waals surface area contributed by atoms with E-state index in [1.807, 2.05) is 0 Å². The van der Waals surface area contributed by atoms with Gasteiger partial charge in [-0.05, 0) is 42.7 Å². The van der Waals surface area contributed by atoms with Crippen LogP contribution in [0.25, 0.3) is 0 Å². The van der Waals surface area contributed by atoms with Crippen molar-refractivity contribution in [1.29, 1.82) is 0 Å². The molecule has 1 saturated carbocycles. The van der Waals surface area contributed by atoms with Gasteiger partial charge in [-0.3, -0.25) is 4.79 Å². The molecule has 0 bridgehead atoms. The molecule has 0 aromatic heterocycles. The lowest BCUT2D eigenvalue weighted by Crippen LogP contribution is -2.39. The molecule has 1 aromatic carbocycles. The van der Waals surface area contributed by atoms with Crippen LogP contribution in [-0.2, 0) is 4.79 Å². The van der Waals surface area contributed by atoms with E-state index < -0.39 is 0 Å². The van der Waals surface area contributed by atoms with Gasteiger partial charge in [0.15, 0.2) is 0 Å². The van der Waals surface area contributed by atoms with Crippen molar-refractivity contribution in [3.05, 3.63) is 29.8 Å². The number of fused-ring (bicyclic) bond motifs is 1. The van der Waals surface area contributed by atoms with Crippen molar-refractivity contribution < 1.29 is 4.79 Å². The van der Waals surface area contributed by atoms with Crippen LogP contribution >= 0.6 is 0 Å². The second-order valence-corrected chi connectivity index (χ2v) is 5.53. The normalized spacial score (nSPS) is 23.3. The predicted octanol–water partition coefficient (Wildman–Crippen LogP) is 2.27. The monoisotopic (exact) mass is 244 g/mol. The third kappa shape index (κ3) is 1.98. The zero-order chi connectivity index (χ0) is 12.5. The molecule has 1 aliphatic heterocycles. The Morgan fingerprint density at radius 3 is 2.72 bits per heavy atom. The van der Waals surface area contributed by atoms with Crippen molar-refractivity contribution in [3.63, 3.8) is 0 Å². The molecule has 1 aromatic rings. The van der Waals surface area contributed by atoms with Crippen LogP contribution in [0.1, 0.15) is 37.2 Å². The zero-order valence-corrected chi connectivity index (χ0v) is 10.6. The van der Waals surface area contributed by atoms with Crippen molar-refractivity contribution in [1.82, 2.24) is 0 Å². The fourth-order valence-electron chi connectivity index (χ4n) is 3.34. The van der Waals surface area contributed by atoms with E-state index in [2.05, 4.69) is 29.2 Å². The summed E-state index contributed by atoms with van der Waals surface area (Å²) in [5.74, 6) is 1.31. The topological polar surface area (TPSA) is 46.3 Å². The number of nitrogens with two attached hydrogens (primary N) is 1. The fraction of sp³-hybridized carbons (Fsp3) is 0.533. The highest BCUT2D eigenvalue weighted by Crippen LogP contribution is 2.46. The highest BCUT2D eigenvalue weighted by atomic mass is 16.1. The van der Waals surface area contributed by atoms with Crippen molar-refractivity contribution in [2.75, 3.05) is 18.0 Å². The smallest absolute Gasteiger partial charge is 0.236 e. The summed E-state index contributed by atoms with van der Waals surface area (Å²) in [6.07, 6.45) is 5.28. The molecule has 0 radical (unpaired) electrons. The molecule has 1 amide bonds. The largest absolute Gasteiger partial charge is 0.368 e. The van der Waals surface area contributed by atoms with Crippen molar-refractivity contribution in [2.24, 2.45) is 11.7 Å². The van der Waals surface area contributed by atoms with Gasteiger partial charge in [-0.1, -0.05) is 24.6 Å². The minimum atomic E-state index is -0.244. The Morgan fingerprint density at radius 1 is 1.28 bits per heavy atom. The van der Waals surface area contributed by atoms with Gasteiger partial charge in [0, 0.05) is 12.2 Å². The van der Waals surface area contributed by atoms with Gasteiger partial charge >= 0.3 is 0 Å². The summed E-state index contributed by atoms with van der Waals surface area (Å²) in [6.45, 7) is 1.30. The molecular formula is C15H20N2O. The lowest BCUT2D eigenvalue weighted by molar-refractivity contribution is -0.116. The first-order chi connectivity index (χ1) is 8.75. The van der Waals surface area contributed by atoms with E-state index in [4.69, 9.17) is 5.73 Å². The number of primary amides is 1. The SMILES string of the molecule is NC(=O)CN1CCC(C2CCC2)c2ccccc21. The Bertz CT molecular complexity index is 454. The number of benzene rings is 1. The van der Waals surface area contributed by atoms with Gasteiger partial charge in [0.25, 0.3) is 0 Å². The Kier molecular flexibility index (Phi) is 2.98. The minimum Gasteiger partial charge on any atom is -0.368 e. The summed E-state index contributed by atoms with van der Waals surface area (Å²) in [5.41, 5.74) is 7.98. The molecule has 0 saturated heterocycles. The number of carbonyl (C=O) groups excluding carboxylic acids is 1.